The second kappa shape index (κ2) is 8.08. The van der Waals surface area contributed by atoms with Gasteiger partial charge in [0.2, 0.25) is 0 Å². The lowest BCUT2D eigenvalue weighted by Crippen LogP contribution is -2.50. The molecule has 0 aromatic carbocycles. The Morgan fingerprint density at radius 1 is 1.12 bits per heavy atom. The zero-order valence-corrected chi connectivity index (χ0v) is 12.3. The fraction of sp³-hybridized carbons (Fsp3) is 1.00. The molecule has 2 heteroatoms. The van der Waals surface area contributed by atoms with Crippen molar-refractivity contribution in [3.63, 3.8) is 0 Å². The number of rotatable bonds is 9. The molecule has 1 N–H and O–H groups in total. The summed E-state index contributed by atoms with van der Waals surface area (Å²) in [5, 5.41) is 3.56. The lowest BCUT2D eigenvalue weighted by atomic mass is 9.96. The maximum Gasteiger partial charge on any atom is 0.0222 e. The van der Waals surface area contributed by atoms with E-state index in [2.05, 4.69) is 51.9 Å². The van der Waals surface area contributed by atoms with E-state index in [-0.39, 0.29) is 0 Å². The van der Waals surface area contributed by atoms with Crippen LogP contribution in [0.25, 0.3) is 0 Å². The first-order chi connectivity index (χ1) is 7.49. The van der Waals surface area contributed by atoms with Gasteiger partial charge in [-0.1, -0.05) is 27.2 Å². The van der Waals surface area contributed by atoms with Gasteiger partial charge in [0, 0.05) is 18.1 Å². The van der Waals surface area contributed by atoms with Crippen LogP contribution in [0.15, 0.2) is 0 Å². The predicted molar refractivity (Wildman–Crippen MR) is 74.0 cm³/mol. The van der Waals surface area contributed by atoms with Gasteiger partial charge in [0.25, 0.3) is 0 Å². The molecule has 0 bridgehead atoms. The number of nitrogens with one attached hydrogen (secondary N) is 1. The molecule has 0 aliphatic heterocycles. The van der Waals surface area contributed by atoms with Crippen molar-refractivity contribution in [2.75, 3.05) is 20.1 Å². The summed E-state index contributed by atoms with van der Waals surface area (Å²) >= 11 is 0. The molecule has 1 atom stereocenters. The van der Waals surface area contributed by atoms with E-state index < -0.39 is 0 Å². The van der Waals surface area contributed by atoms with Crippen LogP contribution in [0.3, 0.4) is 0 Å². The average molecular weight is 228 g/mol. The molecule has 0 aliphatic rings. The number of hydrogen-bond donors (Lipinski definition) is 1. The summed E-state index contributed by atoms with van der Waals surface area (Å²) in [6.07, 6.45) is 4.98. The van der Waals surface area contributed by atoms with E-state index in [0.29, 0.717) is 11.6 Å². The first-order valence-electron chi connectivity index (χ1n) is 6.93. The lowest BCUT2D eigenvalue weighted by Gasteiger charge is -2.41. The minimum absolute atomic E-state index is 0.313. The van der Waals surface area contributed by atoms with Crippen LogP contribution in [-0.2, 0) is 0 Å². The molecule has 0 saturated carbocycles. The van der Waals surface area contributed by atoms with E-state index >= 15 is 0 Å². The smallest absolute Gasteiger partial charge is 0.0222 e. The van der Waals surface area contributed by atoms with Crippen molar-refractivity contribution in [1.82, 2.24) is 10.2 Å². The van der Waals surface area contributed by atoms with Gasteiger partial charge in [-0.05, 0) is 46.7 Å². The maximum absolute atomic E-state index is 3.56. The zero-order valence-electron chi connectivity index (χ0n) is 12.3. The van der Waals surface area contributed by atoms with E-state index in [4.69, 9.17) is 0 Å². The highest BCUT2D eigenvalue weighted by atomic mass is 15.2. The zero-order chi connectivity index (χ0) is 12.6. The minimum atomic E-state index is 0.313. The molecule has 98 valence electrons. The van der Waals surface area contributed by atoms with Crippen molar-refractivity contribution in [1.29, 1.82) is 0 Å². The van der Waals surface area contributed by atoms with Gasteiger partial charge in [-0.15, -0.1) is 0 Å². The summed E-state index contributed by atoms with van der Waals surface area (Å²) in [4.78, 5) is 2.55. The van der Waals surface area contributed by atoms with E-state index in [9.17, 15) is 0 Å². The third-order valence-corrected chi connectivity index (χ3v) is 3.80. The second-order valence-corrected chi connectivity index (χ2v) is 5.42. The van der Waals surface area contributed by atoms with Crippen LogP contribution in [0, 0.1) is 0 Å². The van der Waals surface area contributed by atoms with E-state index in [1.165, 1.54) is 25.7 Å². The van der Waals surface area contributed by atoms with Crippen molar-refractivity contribution >= 4 is 0 Å². The van der Waals surface area contributed by atoms with Crippen LogP contribution in [-0.4, -0.2) is 36.6 Å². The highest BCUT2D eigenvalue weighted by Crippen LogP contribution is 2.21. The summed E-state index contributed by atoms with van der Waals surface area (Å²) in [5.74, 6) is 0. The van der Waals surface area contributed by atoms with Gasteiger partial charge in [0.15, 0.2) is 0 Å². The normalized spacial score (nSPS) is 14.4. The summed E-state index contributed by atoms with van der Waals surface area (Å²) < 4.78 is 0. The van der Waals surface area contributed by atoms with Crippen molar-refractivity contribution in [2.24, 2.45) is 0 Å². The molecule has 0 saturated heterocycles. The molecular weight excluding hydrogens is 196 g/mol. The number of hydrogen-bond acceptors (Lipinski definition) is 2. The topological polar surface area (TPSA) is 15.3 Å². The largest absolute Gasteiger partial charge is 0.315 e. The number of nitrogens with zero attached hydrogens (tertiary/aromatic N) is 1. The van der Waals surface area contributed by atoms with Gasteiger partial charge in [-0.2, -0.15) is 0 Å². The maximum atomic E-state index is 3.56. The monoisotopic (exact) mass is 228 g/mol. The molecule has 0 heterocycles. The predicted octanol–water partition coefficient (Wildman–Crippen LogP) is 3.28. The molecule has 16 heavy (non-hydrogen) atoms. The molecule has 0 aliphatic carbocycles. The Bertz CT molecular complexity index is 166. The standard InChI is InChI=1S/C14H32N2/c1-7-10-13(12-15-11-8-2)16(6)14(4,5)9-3/h13,15H,7-12H2,1-6H3. The molecule has 0 aromatic heterocycles. The van der Waals surface area contributed by atoms with Crippen molar-refractivity contribution in [2.45, 2.75) is 71.9 Å². The van der Waals surface area contributed by atoms with Gasteiger partial charge >= 0.3 is 0 Å². The average Bonchev–Trinajstić information content (AvgIpc) is 2.27. The van der Waals surface area contributed by atoms with Gasteiger partial charge in [-0.3, -0.25) is 4.90 Å². The van der Waals surface area contributed by atoms with Gasteiger partial charge in [0.05, 0.1) is 0 Å². The minimum Gasteiger partial charge on any atom is -0.315 e. The lowest BCUT2D eigenvalue weighted by molar-refractivity contribution is 0.0904. The highest BCUT2D eigenvalue weighted by Gasteiger charge is 2.26. The Hall–Kier alpha value is -0.0800. The van der Waals surface area contributed by atoms with Crippen LogP contribution in [0.5, 0.6) is 0 Å². The van der Waals surface area contributed by atoms with Crippen molar-refractivity contribution in [3.05, 3.63) is 0 Å². The summed E-state index contributed by atoms with van der Waals surface area (Å²) in [5.41, 5.74) is 0.313. The molecule has 0 fully saturated rings. The summed E-state index contributed by atoms with van der Waals surface area (Å²) in [7, 11) is 2.28. The molecule has 0 radical (unpaired) electrons. The van der Waals surface area contributed by atoms with Gasteiger partial charge in [-0.25, -0.2) is 0 Å². The first kappa shape index (κ1) is 15.9. The van der Waals surface area contributed by atoms with Crippen LogP contribution in [0.1, 0.15) is 60.3 Å². The van der Waals surface area contributed by atoms with Crippen LogP contribution < -0.4 is 5.32 Å². The SMILES string of the molecule is CCCNCC(CCC)N(C)C(C)(C)CC. The fourth-order valence-electron chi connectivity index (χ4n) is 1.95. The molecule has 2 nitrogen and oxygen atoms in total. The Labute approximate surface area is 103 Å². The van der Waals surface area contributed by atoms with Crippen LogP contribution in [0.2, 0.25) is 0 Å². The first-order valence-corrected chi connectivity index (χ1v) is 6.93. The van der Waals surface area contributed by atoms with Crippen LogP contribution >= 0.6 is 0 Å². The third kappa shape index (κ3) is 5.31. The van der Waals surface area contributed by atoms with Crippen molar-refractivity contribution < 1.29 is 0 Å². The Balaban J connectivity index is 4.27. The van der Waals surface area contributed by atoms with E-state index in [1.807, 2.05) is 0 Å². The van der Waals surface area contributed by atoms with Crippen LogP contribution in [0.4, 0.5) is 0 Å². The van der Waals surface area contributed by atoms with E-state index in [0.717, 1.165) is 13.1 Å². The molecule has 1 unspecified atom stereocenters. The molecular formula is C14H32N2. The van der Waals surface area contributed by atoms with Gasteiger partial charge in [0.1, 0.15) is 0 Å². The quantitative estimate of drug-likeness (QED) is 0.609. The summed E-state index contributed by atoms with van der Waals surface area (Å²) in [6, 6.07) is 0.673. The second-order valence-electron chi connectivity index (χ2n) is 5.42. The Morgan fingerprint density at radius 2 is 1.75 bits per heavy atom. The molecule has 0 rings (SSSR count). The summed E-state index contributed by atoms with van der Waals surface area (Å²) in [6.45, 7) is 13.7. The van der Waals surface area contributed by atoms with E-state index in [1.54, 1.807) is 0 Å². The Kier molecular flexibility index (Phi) is 8.04. The fourth-order valence-corrected chi connectivity index (χ4v) is 1.95. The van der Waals surface area contributed by atoms with Gasteiger partial charge < -0.3 is 5.32 Å². The molecule has 0 amide bonds. The number of likely N-dealkylation sites (N-methyl/N-ethyl adjacent to an activating group) is 1. The molecule has 0 aromatic rings. The third-order valence-electron chi connectivity index (χ3n) is 3.80. The molecule has 0 spiro atoms. The van der Waals surface area contributed by atoms with Crippen molar-refractivity contribution in [3.8, 4) is 0 Å². The Morgan fingerprint density at radius 3 is 2.19 bits per heavy atom. The highest BCUT2D eigenvalue weighted by molar-refractivity contribution is 4.84.